The summed E-state index contributed by atoms with van der Waals surface area (Å²) < 4.78 is 5.62. The first kappa shape index (κ1) is 21.9. The van der Waals surface area contributed by atoms with Gasteiger partial charge in [0.15, 0.2) is 11.0 Å². The number of pyridine rings is 1. The molecule has 0 atom stereocenters. The number of H-pyrrole nitrogens is 1. The van der Waals surface area contributed by atoms with Gasteiger partial charge < -0.3 is 15.4 Å². The number of aromatic nitrogens is 3. The largest absolute Gasteiger partial charge is 0.384 e. The van der Waals surface area contributed by atoms with Crippen molar-refractivity contribution in [2.24, 2.45) is 10.4 Å². The maximum Gasteiger partial charge on any atom is 0.216 e. The third-order valence-electron chi connectivity index (χ3n) is 6.16. The predicted molar refractivity (Wildman–Crippen MR) is 121 cm³/mol. The van der Waals surface area contributed by atoms with E-state index >= 15 is 0 Å². The standard InChI is InChI=1S/C20H25Cl2N7O2/c1-12-16(13-9-14(23)24-17(22)15(13)21)26-27-18(12)25-19(28(2)11-30)29-6-3-20(4-7-29)5-8-31-10-20/h9,11H,3-8,10H2,1-2H3,(H2,23,24)(H,26,27). The summed E-state index contributed by atoms with van der Waals surface area (Å²) in [6, 6.07) is 1.63. The van der Waals surface area contributed by atoms with Crippen LogP contribution in [-0.4, -0.2) is 70.7 Å². The van der Waals surface area contributed by atoms with Gasteiger partial charge in [-0.2, -0.15) is 10.1 Å². The van der Waals surface area contributed by atoms with Crippen molar-refractivity contribution in [2.45, 2.75) is 26.2 Å². The van der Waals surface area contributed by atoms with Gasteiger partial charge in [-0.1, -0.05) is 23.2 Å². The number of nitrogen functional groups attached to an aromatic ring is 1. The number of carbonyl (C=O) groups is 1. The van der Waals surface area contributed by atoms with E-state index in [9.17, 15) is 4.79 Å². The summed E-state index contributed by atoms with van der Waals surface area (Å²) in [5.74, 6) is 1.28. The lowest BCUT2D eigenvalue weighted by atomic mass is 9.78. The molecule has 2 aromatic heterocycles. The van der Waals surface area contributed by atoms with Crippen LogP contribution in [0.3, 0.4) is 0 Å². The van der Waals surface area contributed by atoms with Gasteiger partial charge in [0.2, 0.25) is 12.4 Å². The molecule has 2 aromatic rings. The van der Waals surface area contributed by atoms with E-state index in [1.807, 2.05) is 6.92 Å². The van der Waals surface area contributed by atoms with Crippen molar-refractivity contribution in [3.8, 4) is 11.3 Å². The number of aliphatic imine (C=N–C) groups is 1. The maximum atomic E-state index is 11.6. The summed E-state index contributed by atoms with van der Waals surface area (Å²) in [6.45, 7) is 5.13. The third kappa shape index (κ3) is 4.22. The van der Waals surface area contributed by atoms with Crippen LogP contribution in [0.15, 0.2) is 11.1 Å². The fraction of sp³-hybridized carbons (Fsp3) is 0.500. The zero-order valence-electron chi connectivity index (χ0n) is 17.5. The number of rotatable bonds is 3. The van der Waals surface area contributed by atoms with Crippen molar-refractivity contribution < 1.29 is 9.53 Å². The smallest absolute Gasteiger partial charge is 0.216 e. The molecule has 1 amide bonds. The van der Waals surface area contributed by atoms with E-state index in [4.69, 9.17) is 38.7 Å². The molecule has 1 spiro atoms. The molecule has 0 bridgehead atoms. The van der Waals surface area contributed by atoms with Crippen molar-refractivity contribution in [2.75, 3.05) is 39.1 Å². The Bertz CT molecular complexity index is 1010. The first-order valence-corrected chi connectivity index (χ1v) is 10.9. The number of anilines is 1. The van der Waals surface area contributed by atoms with Gasteiger partial charge in [0.1, 0.15) is 5.82 Å². The van der Waals surface area contributed by atoms with Crippen LogP contribution in [0.4, 0.5) is 11.6 Å². The number of piperidine rings is 1. The van der Waals surface area contributed by atoms with Gasteiger partial charge in [-0.15, -0.1) is 0 Å². The summed E-state index contributed by atoms with van der Waals surface area (Å²) in [7, 11) is 1.69. The van der Waals surface area contributed by atoms with Gasteiger partial charge in [-0.05, 0) is 37.7 Å². The zero-order chi connectivity index (χ0) is 22.2. The minimum atomic E-state index is 0.121. The lowest BCUT2D eigenvalue weighted by Crippen LogP contribution is -2.48. The van der Waals surface area contributed by atoms with Gasteiger partial charge in [0.05, 0.1) is 17.3 Å². The normalized spacial score (nSPS) is 18.6. The highest BCUT2D eigenvalue weighted by atomic mass is 35.5. The van der Waals surface area contributed by atoms with Crippen molar-refractivity contribution in [3.05, 3.63) is 21.8 Å². The number of nitrogens with one attached hydrogen (secondary N) is 1. The molecular formula is C20H25Cl2N7O2. The number of amides is 1. The Balaban J connectivity index is 1.64. The van der Waals surface area contributed by atoms with E-state index in [2.05, 4.69) is 20.1 Å². The molecule has 166 valence electrons. The second-order valence-corrected chi connectivity index (χ2v) is 8.90. The summed E-state index contributed by atoms with van der Waals surface area (Å²) >= 11 is 12.4. The van der Waals surface area contributed by atoms with E-state index in [1.165, 1.54) is 4.90 Å². The molecule has 4 heterocycles. The lowest BCUT2D eigenvalue weighted by Gasteiger charge is -2.40. The van der Waals surface area contributed by atoms with E-state index in [0.717, 1.165) is 57.5 Å². The molecule has 2 aliphatic rings. The maximum absolute atomic E-state index is 11.6. The number of guanidine groups is 1. The zero-order valence-corrected chi connectivity index (χ0v) is 19.0. The first-order chi connectivity index (χ1) is 14.8. The number of halogens is 2. The number of hydrogen-bond acceptors (Lipinski definition) is 6. The highest BCUT2D eigenvalue weighted by Gasteiger charge is 2.39. The molecule has 9 nitrogen and oxygen atoms in total. The molecule has 0 unspecified atom stereocenters. The average molecular weight is 466 g/mol. The third-order valence-corrected chi connectivity index (χ3v) is 6.91. The lowest BCUT2D eigenvalue weighted by molar-refractivity contribution is -0.114. The molecule has 31 heavy (non-hydrogen) atoms. The summed E-state index contributed by atoms with van der Waals surface area (Å²) in [4.78, 5) is 23.9. The second kappa shape index (κ2) is 8.64. The number of nitrogens with two attached hydrogens (primary N) is 1. The van der Waals surface area contributed by atoms with Gasteiger partial charge >= 0.3 is 0 Å². The van der Waals surface area contributed by atoms with Crippen LogP contribution in [0, 0.1) is 12.3 Å². The molecule has 2 fully saturated rings. The van der Waals surface area contributed by atoms with Crippen LogP contribution < -0.4 is 5.73 Å². The fourth-order valence-corrected chi connectivity index (χ4v) is 4.59. The average Bonchev–Trinajstić information content (AvgIpc) is 3.36. The topological polar surface area (TPSA) is 113 Å². The van der Waals surface area contributed by atoms with Crippen LogP contribution in [0.2, 0.25) is 10.2 Å². The van der Waals surface area contributed by atoms with Crippen LogP contribution >= 0.6 is 23.2 Å². The highest BCUT2D eigenvalue weighted by molar-refractivity contribution is 6.43. The Morgan fingerprint density at radius 3 is 2.77 bits per heavy atom. The van der Waals surface area contributed by atoms with E-state index in [1.54, 1.807) is 13.1 Å². The number of likely N-dealkylation sites (tertiary alicyclic amines) is 1. The Labute approximate surface area is 190 Å². The Hall–Kier alpha value is -2.36. The van der Waals surface area contributed by atoms with Crippen molar-refractivity contribution in [1.29, 1.82) is 0 Å². The Morgan fingerprint density at radius 2 is 2.13 bits per heavy atom. The molecule has 0 aliphatic carbocycles. The van der Waals surface area contributed by atoms with Gasteiger partial charge in [0, 0.05) is 37.9 Å². The first-order valence-electron chi connectivity index (χ1n) is 10.1. The summed E-state index contributed by atoms with van der Waals surface area (Å²) in [5, 5.41) is 7.72. The SMILES string of the molecule is Cc1c(N=C(N(C)C=O)N2CCC3(CCOC3)CC2)n[nH]c1-c1cc(N)nc(Cl)c1Cl. The van der Waals surface area contributed by atoms with Gasteiger partial charge in [0.25, 0.3) is 0 Å². The summed E-state index contributed by atoms with van der Waals surface area (Å²) in [6.07, 6.45) is 3.86. The van der Waals surface area contributed by atoms with E-state index in [0.29, 0.717) is 23.0 Å². The van der Waals surface area contributed by atoms with Crippen LogP contribution in [0.5, 0.6) is 0 Å². The molecule has 0 saturated carbocycles. The van der Waals surface area contributed by atoms with Crippen molar-refractivity contribution >= 4 is 47.2 Å². The number of nitrogens with zero attached hydrogens (tertiary/aromatic N) is 5. The predicted octanol–water partition coefficient (Wildman–Crippen LogP) is 3.25. The van der Waals surface area contributed by atoms with Crippen LogP contribution in [0.25, 0.3) is 11.3 Å². The minimum absolute atomic E-state index is 0.121. The van der Waals surface area contributed by atoms with Gasteiger partial charge in [-0.25, -0.2) is 4.98 Å². The number of hydrogen-bond donors (Lipinski definition) is 2. The molecule has 3 N–H and O–H groups in total. The molecule has 2 aliphatic heterocycles. The van der Waals surface area contributed by atoms with Crippen LogP contribution in [0.1, 0.15) is 24.8 Å². The Kier molecular flexibility index (Phi) is 6.09. The molecule has 4 rings (SSSR count). The number of aromatic amines is 1. The number of ether oxygens (including phenoxy) is 1. The van der Waals surface area contributed by atoms with Crippen molar-refractivity contribution in [1.82, 2.24) is 25.0 Å². The monoisotopic (exact) mass is 465 g/mol. The van der Waals surface area contributed by atoms with Crippen molar-refractivity contribution in [3.63, 3.8) is 0 Å². The quantitative estimate of drug-likeness (QED) is 0.311. The van der Waals surface area contributed by atoms with E-state index < -0.39 is 0 Å². The Morgan fingerprint density at radius 1 is 1.39 bits per heavy atom. The molecule has 2 saturated heterocycles. The van der Waals surface area contributed by atoms with E-state index in [-0.39, 0.29) is 21.4 Å². The minimum Gasteiger partial charge on any atom is -0.384 e. The van der Waals surface area contributed by atoms with Crippen LogP contribution in [-0.2, 0) is 9.53 Å². The molecule has 11 heteroatoms. The molecule has 0 radical (unpaired) electrons. The molecular weight excluding hydrogens is 441 g/mol. The fourth-order valence-electron chi connectivity index (χ4n) is 4.20. The highest BCUT2D eigenvalue weighted by Crippen LogP contribution is 2.40. The summed E-state index contributed by atoms with van der Waals surface area (Å²) in [5.41, 5.74) is 8.09. The number of carbonyl (C=O) groups excluding carboxylic acids is 1. The molecule has 0 aromatic carbocycles. The van der Waals surface area contributed by atoms with Gasteiger partial charge in [-0.3, -0.25) is 14.8 Å². The second-order valence-electron chi connectivity index (χ2n) is 8.16.